The number of benzene rings is 1. The van der Waals surface area contributed by atoms with Gasteiger partial charge in [0.05, 0.1) is 12.6 Å². The Morgan fingerprint density at radius 1 is 1.12 bits per heavy atom. The number of amidine groups is 1. The normalized spacial score (nSPS) is 19.9. The molecule has 4 amide bonds. The number of rotatable bonds is 12. The van der Waals surface area contributed by atoms with E-state index in [9.17, 15) is 19.2 Å². The largest absolute Gasteiger partial charge is 0.384 e. The molecule has 2 aliphatic heterocycles. The molecule has 0 bridgehead atoms. The van der Waals surface area contributed by atoms with Crippen molar-refractivity contribution in [2.24, 2.45) is 17.2 Å². The predicted molar refractivity (Wildman–Crippen MR) is 156 cm³/mol. The maximum Gasteiger partial charge on any atom is 0.245 e. The molecule has 12 heteroatoms. The first kappa shape index (κ1) is 30.0. The van der Waals surface area contributed by atoms with Crippen molar-refractivity contribution < 1.29 is 19.2 Å². The molecule has 0 unspecified atom stereocenters. The third kappa shape index (κ3) is 7.05. The zero-order valence-electron chi connectivity index (χ0n) is 23.7. The average Bonchev–Trinajstić information content (AvgIpc) is 3.56. The Morgan fingerprint density at radius 3 is 2.59 bits per heavy atom. The number of likely N-dealkylation sites (tertiary alicyclic amines) is 2. The lowest BCUT2D eigenvalue weighted by Gasteiger charge is -2.34. The van der Waals surface area contributed by atoms with Crippen LogP contribution in [0.3, 0.4) is 0 Å². The second-order valence-electron chi connectivity index (χ2n) is 11.1. The van der Waals surface area contributed by atoms with Gasteiger partial charge in [-0.2, -0.15) is 0 Å². The summed E-state index contributed by atoms with van der Waals surface area (Å²) in [6.45, 7) is 4.03. The topological polar surface area (TPSA) is 194 Å². The van der Waals surface area contributed by atoms with Gasteiger partial charge in [0.25, 0.3) is 0 Å². The monoisotopic (exact) mass is 566 g/mol. The molecule has 4 rings (SSSR count). The first-order chi connectivity index (χ1) is 19.6. The first-order valence-corrected chi connectivity index (χ1v) is 14.5. The van der Waals surface area contributed by atoms with Gasteiger partial charge in [-0.05, 0) is 69.4 Å². The van der Waals surface area contributed by atoms with Crippen molar-refractivity contribution in [1.82, 2.24) is 19.7 Å². The molecule has 2 aromatic rings. The van der Waals surface area contributed by atoms with E-state index in [1.165, 1.54) is 5.69 Å². The van der Waals surface area contributed by atoms with Crippen LogP contribution in [0.25, 0.3) is 10.9 Å². The van der Waals surface area contributed by atoms with Gasteiger partial charge < -0.3 is 36.9 Å². The van der Waals surface area contributed by atoms with Crippen LogP contribution >= 0.6 is 0 Å². The quantitative estimate of drug-likeness (QED) is 0.184. The molecule has 3 heterocycles. The van der Waals surface area contributed by atoms with Crippen LogP contribution in [-0.4, -0.2) is 81.6 Å². The number of nitrogens with two attached hydrogens (primary N) is 3. The van der Waals surface area contributed by atoms with Crippen molar-refractivity contribution in [2.45, 2.75) is 83.0 Å². The molecule has 41 heavy (non-hydrogen) atoms. The average molecular weight is 567 g/mol. The molecule has 0 saturated carbocycles. The molecular formula is C29H42N8O4. The molecule has 1 aromatic heterocycles. The highest BCUT2D eigenvalue weighted by Crippen LogP contribution is 2.26. The predicted octanol–water partition coefficient (Wildman–Crippen LogP) is 0.569. The lowest BCUT2D eigenvalue weighted by Crippen LogP contribution is -2.55. The summed E-state index contributed by atoms with van der Waals surface area (Å²) in [6, 6.07) is 6.49. The SMILES string of the molecule is CCn1c(CC[C@@H]2CCCN2C(=O)CN2CCC[C@H](NC(=O)CC[C@H](N)C(N)=O)C2=O)cc2ccc(C(=N)N)cc21. The summed E-state index contributed by atoms with van der Waals surface area (Å²) in [7, 11) is 0. The highest BCUT2D eigenvalue weighted by molar-refractivity contribution is 5.98. The molecule has 0 spiro atoms. The highest BCUT2D eigenvalue weighted by atomic mass is 16.2. The number of aryl methyl sites for hydroxylation is 2. The molecule has 3 atom stereocenters. The summed E-state index contributed by atoms with van der Waals surface area (Å²) >= 11 is 0. The molecule has 0 radical (unpaired) electrons. The number of nitrogen functional groups attached to an aromatic ring is 1. The van der Waals surface area contributed by atoms with Crippen molar-refractivity contribution in [2.75, 3.05) is 19.6 Å². The lowest BCUT2D eigenvalue weighted by molar-refractivity contribution is -0.145. The van der Waals surface area contributed by atoms with E-state index in [0.29, 0.717) is 31.5 Å². The smallest absolute Gasteiger partial charge is 0.245 e. The second-order valence-corrected chi connectivity index (χ2v) is 11.1. The fourth-order valence-electron chi connectivity index (χ4n) is 6.02. The fraction of sp³-hybridized carbons (Fsp3) is 0.552. The number of nitrogens with zero attached hydrogens (tertiary/aromatic N) is 3. The van der Waals surface area contributed by atoms with Crippen molar-refractivity contribution >= 4 is 40.4 Å². The summed E-state index contributed by atoms with van der Waals surface area (Å²) in [5.41, 5.74) is 19.4. The number of carbonyl (C=O) groups excluding carboxylic acids is 4. The van der Waals surface area contributed by atoms with E-state index in [0.717, 1.165) is 43.1 Å². The van der Waals surface area contributed by atoms with E-state index in [4.69, 9.17) is 22.6 Å². The van der Waals surface area contributed by atoms with E-state index >= 15 is 0 Å². The number of piperidine rings is 1. The molecule has 2 fully saturated rings. The van der Waals surface area contributed by atoms with E-state index in [2.05, 4.69) is 22.9 Å². The van der Waals surface area contributed by atoms with Crippen molar-refractivity contribution in [3.8, 4) is 0 Å². The van der Waals surface area contributed by atoms with Gasteiger partial charge in [0.1, 0.15) is 11.9 Å². The minimum atomic E-state index is -0.907. The van der Waals surface area contributed by atoms with Crippen LogP contribution in [0.4, 0.5) is 0 Å². The van der Waals surface area contributed by atoms with Gasteiger partial charge >= 0.3 is 0 Å². The Morgan fingerprint density at radius 2 is 1.88 bits per heavy atom. The maximum absolute atomic E-state index is 13.4. The van der Waals surface area contributed by atoms with Crippen molar-refractivity contribution in [3.63, 3.8) is 0 Å². The number of primary amides is 1. The van der Waals surface area contributed by atoms with Crippen molar-refractivity contribution in [1.29, 1.82) is 5.41 Å². The Labute approximate surface area is 240 Å². The van der Waals surface area contributed by atoms with E-state index in [1.54, 1.807) is 4.90 Å². The first-order valence-electron chi connectivity index (χ1n) is 14.5. The third-order valence-corrected chi connectivity index (χ3v) is 8.29. The van der Waals surface area contributed by atoms with Gasteiger partial charge in [-0.3, -0.25) is 24.6 Å². The van der Waals surface area contributed by atoms with E-state index < -0.39 is 18.0 Å². The Bertz CT molecular complexity index is 1320. The molecule has 12 nitrogen and oxygen atoms in total. The molecular weight excluding hydrogens is 524 g/mol. The number of amides is 4. The second kappa shape index (κ2) is 13.2. The standard InChI is InChI=1S/C29H42N8O4/c1-2-36-21(15-18-7-8-19(27(31)32)16-24(18)36)10-9-20-5-3-14-37(20)26(39)17-35-13-4-6-23(29(35)41)34-25(38)12-11-22(30)28(33)40/h7-8,15-16,20,22-23H,2-6,9-14,17,30H2,1H3,(H3,31,32)(H2,33,40)(H,34,38)/t20-,22-,23-/m0/s1. The van der Waals surface area contributed by atoms with Gasteiger partial charge in [0, 0.05) is 48.9 Å². The minimum absolute atomic E-state index is 0.00268. The molecule has 222 valence electrons. The number of nitrogens with one attached hydrogen (secondary N) is 2. The summed E-state index contributed by atoms with van der Waals surface area (Å²) in [6.07, 6.45) is 4.77. The number of hydrogen-bond donors (Lipinski definition) is 5. The summed E-state index contributed by atoms with van der Waals surface area (Å²) in [5.74, 6) is -1.32. The van der Waals surface area contributed by atoms with E-state index in [-0.39, 0.29) is 49.0 Å². The zero-order valence-corrected chi connectivity index (χ0v) is 23.7. The molecule has 1 aromatic carbocycles. The van der Waals surface area contributed by atoms with Crippen LogP contribution in [0.5, 0.6) is 0 Å². The lowest BCUT2D eigenvalue weighted by atomic mass is 10.0. The summed E-state index contributed by atoms with van der Waals surface area (Å²) < 4.78 is 2.24. The minimum Gasteiger partial charge on any atom is -0.384 e. The van der Waals surface area contributed by atoms with Crippen LogP contribution in [0.2, 0.25) is 0 Å². The molecule has 2 saturated heterocycles. The molecule has 2 aliphatic rings. The van der Waals surface area contributed by atoms with Crippen LogP contribution in [0.15, 0.2) is 24.3 Å². The fourth-order valence-corrected chi connectivity index (χ4v) is 6.02. The van der Waals surface area contributed by atoms with Crippen LogP contribution in [0, 0.1) is 5.41 Å². The van der Waals surface area contributed by atoms with Crippen LogP contribution < -0.4 is 22.5 Å². The highest BCUT2D eigenvalue weighted by Gasteiger charge is 2.34. The molecule has 0 aliphatic carbocycles. The van der Waals surface area contributed by atoms with Gasteiger partial charge in [-0.15, -0.1) is 0 Å². The maximum atomic E-state index is 13.4. The number of hydrogen-bond acceptors (Lipinski definition) is 6. The van der Waals surface area contributed by atoms with Gasteiger partial charge in [0.2, 0.25) is 23.6 Å². The molecule has 8 N–H and O–H groups in total. The Balaban J connectivity index is 1.33. The Kier molecular flexibility index (Phi) is 9.64. The van der Waals surface area contributed by atoms with Crippen LogP contribution in [-0.2, 0) is 32.1 Å². The summed E-state index contributed by atoms with van der Waals surface area (Å²) in [4.78, 5) is 53.3. The Hall–Kier alpha value is -3.93. The van der Waals surface area contributed by atoms with Crippen molar-refractivity contribution in [3.05, 3.63) is 35.5 Å². The third-order valence-electron chi connectivity index (χ3n) is 8.29. The number of fused-ring (bicyclic) bond motifs is 1. The van der Waals surface area contributed by atoms with E-state index in [1.807, 2.05) is 23.1 Å². The number of aromatic nitrogens is 1. The van der Waals surface area contributed by atoms with Gasteiger partial charge in [0.15, 0.2) is 0 Å². The van der Waals surface area contributed by atoms with Gasteiger partial charge in [-0.25, -0.2) is 0 Å². The number of carbonyl (C=O) groups is 4. The van der Waals surface area contributed by atoms with Crippen LogP contribution in [0.1, 0.15) is 63.1 Å². The summed E-state index contributed by atoms with van der Waals surface area (Å²) in [5, 5.41) is 11.6. The van der Waals surface area contributed by atoms with Gasteiger partial charge in [-0.1, -0.05) is 12.1 Å². The zero-order chi connectivity index (χ0) is 29.7.